The minimum atomic E-state index is -3.92. The Morgan fingerprint density at radius 2 is 2.11 bits per heavy atom. The van der Waals surface area contributed by atoms with Crippen molar-refractivity contribution in [2.45, 2.75) is 30.7 Å². The van der Waals surface area contributed by atoms with Crippen LogP contribution in [-0.4, -0.2) is 26.5 Å². The van der Waals surface area contributed by atoms with Crippen molar-refractivity contribution in [3.8, 4) is 0 Å². The van der Waals surface area contributed by atoms with Crippen molar-refractivity contribution >= 4 is 10.0 Å². The van der Waals surface area contributed by atoms with Crippen molar-refractivity contribution in [1.82, 2.24) is 9.71 Å². The fourth-order valence-corrected chi connectivity index (χ4v) is 3.62. The molecule has 106 valence electrons. The minimum absolute atomic E-state index is 0.196. The van der Waals surface area contributed by atoms with Gasteiger partial charge in [0.2, 0.25) is 5.03 Å². The van der Waals surface area contributed by atoms with Crippen LogP contribution < -0.4 is 10.5 Å². The number of rotatable bonds is 5. The first kappa shape index (κ1) is 14.4. The summed E-state index contributed by atoms with van der Waals surface area (Å²) in [4.78, 5) is 3.59. The lowest BCUT2D eigenvalue weighted by atomic mass is 9.87. The zero-order chi connectivity index (χ0) is 13.9. The largest absolute Gasteiger partial charge is 0.330 e. The van der Waals surface area contributed by atoms with E-state index in [9.17, 15) is 12.8 Å². The highest BCUT2D eigenvalue weighted by molar-refractivity contribution is 7.89. The summed E-state index contributed by atoms with van der Waals surface area (Å²) >= 11 is 0. The van der Waals surface area contributed by atoms with Crippen molar-refractivity contribution in [3.63, 3.8) is 0 Å². The second-order valence-electron chi connectivity index (χ2n) is 5.03. The van der Waals surface area contributed by atoms with E-state index in [0.29, 0.717) is 6.54 Å². The molecule has 1 aromatic rings. The Labute approximate surface area is 112 Å². The van der Waals surface area contributed by atoms with Crippen LogP contribution in [0, 0.1) is 11.2 Å². The third-order valence-electron chi connectivity index (χ3n) is 3.71. The van der Waals surface area contributed by atoms with Crippen LogP contribution >= 0.6 is 0 Å². The number of hydrogen-bond acceptors (Lipinski definition) is 4. The Hall–Kier alpha value is -1.05. The maximum absolute atomic E-state index is 13.5. The van der Waals surface area contributed by atoms with E-state index in [-0.39, 0.29) is 12.0 Å². The van der Waals surface area contributed by atoms with Crippen LogP contribution in [0.2, 0.25) is 0 Å². The van der Waals surface area contributed by atoms with Crippen LogP contribution in [0.15, 0.2) is 23.4 Å². The number of pyridine rings is 1. The molecule has 1 aromatic heterocycles. The van der Waals surface area contributed by atoms with E-state index < -0.39 is 20.9 Å². The smallest absolute Gasteiger partial charge is 0.261 e. The fraction of sp³-hybridized carbons (Fsp3) is 0.583. The minimum Gasteiger partial charge on any atom is -0.330 e. The molecular weight excluding hydrogens is 269 g/mol. The number of aromatic nitrogens is 1. The molecule has 1 saturated carbocycles. The van der Waals surface area contributed by atoms with Crippen molar-refractivity contribution < 1.29 is 12.8 Å². The molecule has 1 fully saturated rings. The van der Waals surface area contributed by atoms with E-state index in [4.69, 9.17) is 5.73 Å². The molecule has 0 bridgehead atoms. The normalized spacial score (nSPS) is 18.6. The maximum atomic E-state index is 13.5. The number of nitrogens with zero attached hydrogens (tertiary/aromatic N) is 1. The Kier molecular flexibility index (Phi) is 4.17. The van der Waals surface area contributed by atoms with E-state index in [1.165, 1.54) is 12.3 Å². The summed E-state index contributed by atoms with van der Waals surface area (Å²) in [5.41, 5.74) is 5.55. The summed E-state index contributed by atoms with van der Waals surface area (Å²) in [7, 11) is -3.92. The van der Waals surface area contributed by atoms with Gasteiger partial charge in [-0.1, -0.05) is 12.8 Å². The Balaban J connectivity index is 2.12. The lowest BCUT2D eigenvalue weighted by Gasteiger charge is -2.27. The molecule has 0 atom stereocenters. The lowest BCUT2D eigenvalue weighted by molar-refractivity contribution is 0.309. The highest BCUT2D eigenvalue weighted by atomic mass is 32.2. The Morgan fingerprint density at radius 3 is 2.68 bits per heavy atom. The molecule has 7 heteroatoms. The standard InChI is InChI=1S/C12H18FN3O2S/c13-10-4-3-7-15-11(10)19(17,18)16-9-12(8-14)5-1-2-6-12/h3-4,7,16H,1-2,5-6,8-9,14H2. The fourth-order valence-electron chi connectivity index (χ4n) is 2.46. The van der Waals surface area contributed by atoms with Crippen molar-refractivity contribution in [2.75, 3.05) is 13.1 Å². The molecule has 1 aliphatic carbocycles. The number of hydrogen-bond donors (Lipinski definition) is 2. The summed E-state index contributed by atoms with van der Waals surface area (Å²) in [5.74, 6) is -0.844. The molecule has 0 aliphatic heterocycles. The monoisotopic (exact) mass is 287 g/mol. The topological polar surface area (TPSA) is 85.1 Å². The van der Waals surface area contributed by atoms with Gasteiger partial charge in [0.05, 0.1) is 0 Å². The molecule has 0 unspecified atom stereocenters. The Bertz CT molecular complexity index is 542. The zero-order valence-electron chi connectivity index (χ0n) is 10.6. The molecule has 3 N–H and O–H groups in total. The van der Waals surface area contributed by atoms with E-state index in [1.54, 1.807) is 0 Å². The van der Waals surface area contributed by atoms with Gasteiger partial charge in [0.15, 0.2) is 5.82 Å². The quantitative estimate of drug-likeness (QED) is 0.846. The highest BCUT2D eigenvalue weighted by Crippen LogP contribution is 2.36. The van der Waals surface area contributed by atoms with E-state index >= 15 is 0 Å². The molecular formula is C12H18FN3O2S. The second-order valence-corrected chi connectivity index (χ2v) is 6.71. The first-order valence-corrected chi connectivity index (χ1v) is 7.78. The Morgan fingerprint density at radius 1 is 1.42 bits per heavy atom. The van der Waals surface area contributed by atoms with E-state index in [1.807, 2.05) is 0 Å². The summed E-state index contributed by atoms with van der Waals surface area (Å²) in [6, 6.07) is 2.43. The van der Waals surface area contributed by atoms with E-state index in [2.05, 4.69) is 9.71 Å². The van der Waals surface area contributed by atoms with Gasteiger partial charge in [0, 0.05) is 12.7 Å². The van der Waals surface area contributed by atoms with Gasteiger partial charge >= 0.3 is 0 Å². The summed E-state index contributed by atoms with van der Waals surface area (Å²) < 4.78 is 39.9. The second kappa shape index (κ2) is 5.52. The molecule has 19 heavy (non-hydrogen) atoms. The molecule has 0 saturated heterocycles. The third kappa shape index (κ3) is 3.10. The van der Waals surface area contributed by atoms with Gasteiger partial charge in [-0.3, -0.25) is 0 Å². The van der Waals surface area contributed by atoms with Crippen LogP contribution in [0.4, 0.5) is 4.39 Å². The van der Waals surface area contributed by atoms with Crippen molar-refractivity contribution in [3.05, 3.63) is 24.1 Å². The third-order valence-corrected chi connectivity index (χ3v) is 5.05. The number of halogens is 1. The number of nitrogens with one attached hydrogen (secondary N) is 1. The van der Waals surface area contributed by atoms with Gasteiger partial charge in [-0.25, -0.2) is 22.5 Å². The average molecular weight is 287 g/mol. The molecule has 0 radical (unpaired) electrons. The van der Waals surface area contributed by atoms with Crippen LogP contribution in [0.1, 0.15) is 25.7 Å². The summed E-state index contributed by atoms with van der Waals surface area (Å²) in [6.45, 7) is 0.669. The van der Waals surface area contributed by atoms with Crippen LogP contribution in [0.3, 0.4) is 0 Å². The molecule has 0 amide bonds. The van der Waals surface area contributed by atoms with Gasteiger partial charge in [-0.2, -0.15) is 0 Å². The molecule has 0 spiro atoms. The number of nitrogens with two attached hydrogens (primary N) is 1. The predicted molar refractivity (Wildman–Crippen MR) is 69.3 cm³/mol. The summed E-state index contributed by atoms with van der Waals surface area (Å²) in [6.07, 6.45) is 5.16. The van der Waals surface area contributed by atoms with Gasteiger partial charge < -0.3 is 5.73 Å². The van der Waals surface area contributed by atoms with Gasteiger partial charge in [-0.05, 0) is 36.9 Å². The van der Waals surface area contributed by atoms with E-state index in [0.717, 1.165) is 31.7 Å². The number of sulfonamides is 1. The van der Waals surface area contributed by atoms with Gasteiger partial charge in [-0.15, -0.1) is 0 Å². The van der Waals surface area contributed by atoms with Gasteiger partial charge in [0.25, 0.3) is 10.0 Å². The predicted octanol–water partition coefficient (Wildman–Crippen LogP) is 1.02. The zero-order valence-corrected chi connectivity index (χ0v) is 11.4. The van der Waals surface area contributed by atoms with Crippen molar-refractivity contribution in [1.29, 1.82) is 0 Å². The van der Waals surface area contributed by atoms with Crippen LogP contribution in [0.25, 0.3) is 0 Å². The molecule has 5 nitrogen and oxygen atoms in total. The first-order chi connectivity index (χ1) is 8.99. The summed E-state index contributed by atoms with van der Waals surface area (Å²) in [5, 5.41) is -0.555. The molecule has 1 heterocycles. The SMILES string of the molecule is NCC1(CNS(=O)(=O)c2ncccc2F)CCCC1. The lowest BCUT2D eigenvalue weighted by Crippen LogP contribution is -2.41. The molecule has 0 aromatic carbocycles. The first-order valence-electron chi connectivity index (χ1n) is 6.29. The van der Waals surface area contributed by atoms with Gasteiger partial charge in [0.1, 0.15) is 0 Å². The maximum Gasteiger partial charge on any atom is 0.261 e. The van der Waals surface area contributed by atoms with Crippen LogP contribution in [-0.2, 0) is 10.0 Å². The molecule has 2 rings (SSSR count). The van der Waals surface area contributed by atoms with Crippen molar-refractivity contribution in [2.24, 2.45) is 11.1 Å². The van der Waals surface area contributed by atoms with Crippen LogP contribution in [0.5, 0.6) is 0 Å². The average Bonchev–Trinajstić information content (AvgIpc) is 2.86. The highest BCUT2D eigenvalue weighted by Gasteiger charge is 2.34. The molecule has 1 aliphatic rings.